The number of rotatable bonds is 4. The van der Waals surface area contributed by atoms with Gasteiger partial charge in [-0.05, 0) is 12.1 Å². The number of benzene rings is 1. The molecule has 0 saturated carbocycles. The maximum Gasteiger partial charge on any atom is 0.192 e. The number of guanidine groups is 1. The van der Waals surface area contributed by atoms with Crippen molar-refractivity contribution in [1.29, 1.82) is 0 Å². The number of hydrogen-bond acceptors (Lipinski definition) is 5. The molecule has 2 aromatic rings. The molecule has 0 amide bonds. The minimum absolute atomic E-state index is 0.116. The molecule has 1 aliphatic rings. The highest BCUT2D eigenvalue weighted by Crippen LogP contribution is 2.33. The van der Waals surface area contributed by atoms with Crippen molar-refractivity contribution in [3.8, 4) is 0 Å². The van der Waals surface area contributed by atoms with Gasteiger partial charge in [-0.1, -0.05) is 28.1 Å². The van der Waals surface area contributed by atoms with Crippen molar-refractivity contribution in [3.05, 3.63) is 40.5 Å². The fourth-order valence-electron chi connectivity index (χ4n) is 2.68. The molecule has 0 bridgehead atoms. The SMILES string of the molecule is COCCN1C(N)=NCC1c1ccc(Br)c2cccnc12. The van der Waals surface area contributed by atoms with Gasteiger partial charge in [0.15, 0.2) is 5.96 Å². The monoisotopic (exact) mass is 348 g/mol. The molecule has 1 aromatic carbocycles. The molecule has 1 aliphatic heterocycles. The van der Waals surface area contributed by atoms with Gasteiger partial charge in [0.2, 0.25) is 0 Å². The van der Waals surface area contributed by atoms with Crippen LogP contribution in [0.25, 0.3) is 10.9 Å². The lowest BCUT2D eigenvalue weighted by atomic mass is 10.0. The van der Waals surface area contributed by atoms with Crippen LogP contribution in [0.5, 0.6) is 0 Å². The van der Waals surface area contributed by atoms with Gasteiger partial charge in [0, 0.05) is 35.3 Å². The van der Waals surface area contributed by atoms with Crippen molar-refractivity contribution in [2.75, 3.05) is 26.8 Å². The van der Waals surface area contributed by atoms with E-state index in [4.69, 9.17) is 10.5 Å². The molecule has 1 atom stereocenters. The van der Waals surface area contributed by atoms with Gasteiger partial charge < -0.3 is 15.4 Å². The molecule has 0 fully saturated rings. The number of aliphatic imine (C=N–C) groups is 1. The van der Waals surface area contributed by atoms with Crippen LogP contribution in [0.15, 0.2) is 39.9 Å². The lowest BCUT2D eigenvalue weighted by molar-refractivity contribution is 0.167. The number of nitrogens with two attached hydrogens (primary N) is 1. The van der Waals surface area contributed by atoms with Crippen molar-refractivity contribution < 1.29 is 4.74 Å². The zero-order valence-electron chi connectivity index (χ0n) is 11.8. The Bertz CT molecular complexity index is 688. The van der Waals surface area contributed by atoms with E-state index in [0.717, 1.165) is 27.5 Å². The zero-order valence-corrected chi connectivity index (χ0v) is 13.4. The van der Waals surface area contributed by atoms with E-state index in [0.29, 0.717) is 19.1 Å². The van der Waals surface area contributed by atoms with Crippen molar-refractivity contribution >= 4 is 32.8 Å². The van der Waals surface area contributed by atoms with Crippen LogP contribution in [0, 0.1) is 0 Å². The molecule has 0 aliphatic carbocycles. The average molecular weight is 349 g/mol. The molecule has 1 unspecified atom stereocenters. The third-order valence-corrected chi connectivity index (χ3v) is 4.43. The summed E-state index contributed by atoms with van der Waals surface area (Å²) in [6.45, 7) is 2.00. The molecule has 110 valence electrons. The van der Waals surface area contributed by atoms with Crippen LogP contribution in [-0.2, 0) is 4.74 Å². The van der Waals surface area contributed by atoms with E-state index < -0.39 is 0 Å². The van der Waals surface area contributed by atoms with Crippen LogP contribution in [0.2, 0.25) is 0 Å². The number of fused-ring (bicyclic) bond motifs is 1. The minimum Gasteiger partial charge on any atom is -0.383 e. The van der Waals surface area contributed by atoms with Crippen LogP contribution in [0.3, 0.4) is 0 Å². The summed E-state index contributed by atoms with van der Waals surface area (Å²) in [6.07, 6.45) is 1.82. The number of halogens is 1. The van der Waals surface area contributed by atoms with Crippen molar-refractivity contribution in [3.63, 3.8) is 0 Å². The molecule has 2 heterocycles. The molecular formula is C15H17BrN4O. The summed E-state index contributed by atoms with van der Waals surface area (Å²) in [7, 11) is 1.69. The molecule has 1 aromatic heterocycles. The first-order valence-electron chi connectivity index (χ1n) is 6.81. The number of ether oxygens (including phenoxy) is 1. The molecule has 2 N–H and O–H groups in total. The van der Waals surface area contributed by atoms with Gasteiger partial charge in [-0.3, -0.25) is 9.98 Å². The van der Waals surface area contributed by atoms with Crippen molar-refractivity contribution in [2.45, 2.75) is 6.04 Å². The van der Waals surface area contributed by atoms with Crippen molar-refractivity contribution in [1.82, 2.24) is 9.88 Å². The Morgan fingerprint density at radius 2 is 2.29 bits per heavy atom. The number of nitrogens with zero attached hydrogens (tertiary/aromatic N) is 3. The molecular weight excluding hydrogens is 332 g/mol. The highest BCUT2D eigenvalue weighted by atomic mass is 79.9. The van der Waals surface area contributed by atoms with E-state index in [-0.39, 0.29) is 6.04 Å². The third-order valence-electron chi connectivity index (χ3n) is 3.74. The van der Waals surface area contributed by atoms with Gasteiger partial charge in [0.25, 0.3) is 0 Å². The number of hydrogen-bond donors (Lipinski definition) is 1. The number of methoxy groups -OCH3 is 1. The van der Waals surface area contributed by atoms with E-state index in [9.17, 15) is 0 Å². The predicted molar refractivity (Wildman–Crippen MR) is 87.3 cm³/mol. The Hall–Kier alpha value is -1.66. The Morgan fingerprint density at radius 3 is 3.10 bits per heavy atom. The number of aromatic nitrogens is 1. The van der Waals surface area contributed by atoms with E-state index >= 15 is 0 Å². The second-order valence-corrected chi connectivity index (χ2v) is 5.79. The largest absolute Gasteiger partial charge is 0.383 e. The van der Waals surface area contributed by atoms with Gasteiger partial charge in [-0.2, -0.15) is 0 Å². The summed E-state index contributed by atoms with van der Waals surface area (Å²) in [4.78, 5) is 11.0. The molecule has 6 heteroatoms. The van der Waals surface area contributed by atoms with E-state index in [1.165, 1.54) is 0 Å². The fourth-order valence-corrected chi connectivity index (χ4v) is 3.14. The first-order chi connectivity index (χ1) is 10.2. The standard InChI is InChI=1S/C15H17BrN4O/c1-21-8-7-20-13(9-19-15(20)17)11-4-5-12(16)10-3-2-6-18-14(10)11/h2-6,13H,7-9H2,1H3,(H2,17,19). The molecule has 0 saturated heterocycles. The normalized spacial score (nSPS) is 18.3. The Kier molecular flexibility index (Phi) is 4.07. The third kappa shape index (κ3) is 2.61. The summed E-state index contributed by atoms with van der Waals surface area (Å²) in [6, 6.07) is 8.28. The summed E-state index contributed by atoms with van der Waals surface area (Å²) < 4.78 is 6.21. The molecule has 3 rings (SSSR count). The summed E-state index contributed by atoms with van der Waals surface area (Å²) in [5.74, 6) is 0.573. The molecule has 5 nitrogen and oxygen atoms in total. The van der Waals surface area contributed by atoms with E-state index in [1.807, 2.05) is 12.3 Å². The minimum atomic E-state index is 0.116. The zero-order chi connectivity index (χ0) is 14.8. The maximum atomic E-state index is 6.01. The predicted octanol–water partition coefficient (Wildman–Crippen LogP) is 2.32. The van der Waals surface area contributed by atoms with Gasteiger partial charge in [-0.25, -0.2) is 0 Å². The molecule has 0 radical (unpaired) electrons. The summed E-state index contributed by atoms with van der Waals surface area (Å²) in [5, 5.41) is 1.10. The van der Waals surface area contributed by atoms with Crippen LogP contribution in [0.1, 0.15) is 11.6 Å². The van der Waals surface area contributed by atoms with Crippen LogP contribution in [0.4, 0.5) is 0 Å². The lowest BCUT2D eigenvalue weighted by Crippen LogP contribution is -2.38. The topological polar surface area (TPSA) is 63.7 Å². The Morgan fingerprint density at radius 1 is 1.43 bits per heavy atom. The van der Waals surface area contributed by atoms with Gasteiger partial charge in [0.05, 0.1) is 24.7 Å². The molecule has 21 heavy (non-hydrogen) atoms. The second-order valence-electron chi connectivity index (χ2n) is 4.94. The highest BCUT2D eigenvalue weighted by molar-refractivity contribution is 9.10. The van der Waals surface area contributed by atoms with Crippen LogP contribution >= 0.6 is 15.9 Å². The summed E-state index contributed by atoms with van der Waals surface area (Å²) in [5.41, 5.74) is 8.15. The highest BCUT2D eigenvalue weighted by Gasteiger charge is 2.28. The first-order valence-corrected chi connectivity index (χ1v) is 7.60. The Balaban J connectivity index is 2.02. The first kappa shape index (κ1) is 14.3. The van der Waals surface area contributed by atoms with Gasteiger partial charge in [0.1, 0.15) is 0 Å². The van der Waals surface area contributed by atoms with Crippen molar-refractivity contribution in [2.24, 2.45) is 10.7 Å². The average Bonchev–Trinajstić information content (AvgIpc) is 2.87. The van der Waals surface area contributed by atoms with Crippen LogP contribution < -0.4 is 5.73 Å². The van der Waals surface area contributed by atoms with Gasteiger partial charge in [-0.15, -0.1) is 0 Å². The fraction of sp³-hybridized carbons (Fsp3) is 0.333. The van der Waals surface area contributed by atoms with Gasteiger partial charge >= 0.3 is 0 Å². The summed E-state index contributed by atoms with van der Waals surface area (Å²) >= 11 is 3.58. The maximum absolute atomic E-state index is 6.01. The lowest BCUT2D eigenvalue weighted by Gasteiger charge is -2.27. The van der Waals surface area contributed by atoms with E-state index in [2.05, 4.69) is 49.0 Å². The smallest absolute Gasteiger partial charge is 0.192 e. The Labute approximate surface area is 131 Å². The quantitative estimate of drug-likeness (QED) is 0.920. The number of pyridine rings is 1. The molecule has 0 spiro atoms. The second kappa shape index (κ2) is 5.99. The van der Waals surface area contributed by atoms with E-state index in [1.54, 1.807) is 7.11 Å². The van der Waals surface area contributed by atoms with Crippen LogP contribution in [-0.4, -0.2) is 42.6 Å².